The molecule has 0 fully saturated rings. The summed E-state index contributed by atoms with van der Waals surface area (Å²) in [6.45, 7) is 0. The van der Waals surface area contributed by atoms with Crippen LogP contribution in [0.25, 0.3) is 111 Å². The molecule has 1 spiro atoms. The maximum Gasteiger partial charge on any atom is 0.160 e. The van der Waals surface area contributed by atoms with Crippen molar-refractivity contribution in [3.8, 4) is 89.5 Å². The van der Waals surface area contributed by atoms with Crippen LogP contribution in [-0.2, 0) is 5.41 Å². The van der Waals surface area contributed by atoms with Gasteiger partial charge in [-0.2, -0.15) is 0 Å². The Bertz CT molecular complexity index is 3850. The number of nitrogens with zero attached hydrogens (tertiary/aromatic N) is 2. The quantitative estimate of drug-likeness (QED) is 0.173. The maximum atomic E-state index is 6.45. The second-order valence-corrected chi connectivity index (χ2v) is 18.0. The Morgan fingerprint density at radius 2 is 0.750 bits per heavy atom. The van der Waals surface area contributed by atoms with Crippen LogP contribution in [0.1, 0.15) is 22.3 Å². The molecule has 12 aromatic rings. The van der Waals surface area contributed by atoms with Gasteiger partial charge in [-0.15, -0.1) is 0 Å². The molecule has 10 aromatic carbocycles. The van der Waals surface area contributed by atoms with Gasteiger partial charge >= 0.3 is 0 Å². The monoisotopic (exact) mass is 864 g/mol. The zero-order chi connectivity index (χ0) is 44.8. The standard InChI is InChI=1S/C65H40N2O/c1-3-18-41(19-4-1)44-36-45(42-20-5-2-6-21-42)38-46(37-44)59-40-60(52-28-17-33-62-63(52)53-27-12-16-32-61(53)68-62)67-64(66-59)43-34-35-58-54(39-43)51-26-11-15-31-57(51)65(58)55-29-13-9-24-49(55)47-22-7-8-23-48(47)50-25-10-14-30-56(50)65/h1-40H. The molecule has 14 rings (SSSR count). The summed E-state index contributed by atoms with van der Waals surface area (Å²) in [6.07, 6.45) is 0. The molecule has 0 saturated carbocycles. The number of rotatable bonds is 5. The number of hydrogen-bond donors (Lipinski definition) is 0. The van der Waals surface area contributed by atoms with Gasteiger partial charge in [0.1, 0.15) is 11.2 Å². The van der Waals surface area contributed by atoms with Crippen LogP contribution in [0, 0.1) is 0 Å². The van der Waals surface area contributed by atoms with Gasteiger partial charge in [-0.05, 0) is 120 Å². The highest BCUT2D eigenvalue weighted by molar-refractivity contribution is 6.12. The number of benzene rings is 10. The van der Waals surface area contributed by atoms with Gasteiger partial charge in [0.2, 0.25) is 0 Å². The van der Waals surface area contributed by atoms with E-state index in [1.165, 1.54) is 55.6 Å². The van der Waals surface area contributed by atoms with Crippen LogP contribution in [-0.4, -0.2) is 9.97 Å². The number of para-hydroxylation sites is 1. The van der Waals surface area contributed by atoms with Gasteiger partial charge in [0.25, 0.3) is 0 Å². The van der Waals surface area contributed by atoms with E-state index in [9.17, 15) is 0 Å². The van der Waals surface area contributed by atoms with Crippen LogP contribution >= 0.6 is 0 Å². The van der Waals surface area contributed by atoms with Gasteiger partial charge in [-0.25, -0.2) is 9.97 Å². The topological polar surface area (TPSA) is 38.9 Å². The van der Waals surface area contributed by atoms with Crippen LogP contribution in [0.15, 0.2) is 247 Å². The molecular weight excluding hydrogens is 825 g/mol. The summed E-state index contributed by atoms with van der Waals surface area (Å²) in [5.41, 5.74) is 22.8. The molecule has 316 valence electrons. The smallest absolute Gasteiger partial charge is 0.160 e. The van der Waals surface area contributed by atoms with E-state index in [0.29, 0.717) is 5.82 Å². The summed E-state index contributed by atoms with van der Waals surface area (Å²) in [6, 6.07) is 87.7. The molecular formula is C65H40N2O. The van der Waals surface area contributed by atoms with E-state index in [1.807, 2.05) is 18.2 Å². The number of aromatic nitrogens is 2. The van der Waals surface area contributed by atoms with E-state index in [1.54, 1.807) is 0 Å². The summed E-state index contributed by atoms with van der Waals surface area (Å²) in [4.78, 5) is 11.1. The average molecular weight is 865 g/mol. The molecule has 0 radical (unpaired) electrons. The number of furan rings is 1. The Hall–Kier alpha value is -8.92. The molecule has 3 nitrogen and oxygen atoms in total. The normalized spacial score (nSPS) is 12.8. The molecule has 0 atom stereocenters. The van der Waals surface area contributed by atoms with Crippen molar-refractivity contribution < 1.29 is 4.42 Å². The van der Waals surface area contributed by atoms with Crippen molar-refractivity contribution in [1.29, 1.82) is 0 Å². The SMILES string of the molecule is c1ccc(-c2cc(-c3ccccc3)cc(-c3cc(-c4cccc5oc6ccccc6c45)nc(-c4ccc5c(c4)-c4ccccc4C54c5ccccc5-c5ccccc5-c5ccccc54)n3)c2)cc1. The van der Waals surface area contributed by atoms with Gasteiger partial charge in [-0.1, -0.05) is 200 Å². The first-order valence-electron chi connectivity index (χ1n) is 23.3. The van der Waals surface area contributed by atoms with Gasteiger partial charge in [0, 0.05) is 27.5 Å². The van der Waals surface area contributed by atoms with Crippen LogP contribution in [0.3, 0.4) is 0 Å². The molecule has 0 saturated heterocycles. The Balaban J connectivity index is 1.03. The van der Waals surface area contributed by atoms with E-state index in [0.717, 1.165) is 72.3 Å². The second-order valence-electron chi connectivity index (χ2n) is 18.0. The summed E-state index contributed by atoms with van der Waals surface area (Å²) in [5.74, 6) is 0.656. The highest BCUT2D eigenvalue weighted by Crippen LogP contribution is 2.61. The molecule has 0 amide bonds. The lowest BCUT2D eigenvalue weighted by molar-refractivity contribution is 0.669. The number of fused-ring (bicyclic) bond motifs is 15. The van der Waals surface area contributed by atoms with E-state index in [2.05, 4.69) is 224 Å². The Kier molecular flexibility index (Phi) is 8.50. The molecule has 3 heteroatoms. The molecule has 0 N–H and O–H groups in total. The lowest BCUT2D eigenvalue weighted by atomic mass is 9.66. The first-order chi connectivity index (χ1) is 33.7. The first kappa shape index (κ1) is 38.4. The van der Waals surface area contributed by atoms with E-state index >= 15 is 0 Å². The minimum Gasteiger partial charge on any atom is -0.456 e. The zero-order valence-corrected chi connectivity index (χ0v) is 36.9. The molecule has 0 unspecified atom stereocenters. The third-order valence-electron chi connectivity index (χ3n) is 14.3. The lowest BCUT2D eigenvalue weighted by Gasteiger charge is -2.35. The van der Waals surface area contributed by atoms with E-state index in [4.69, 9.17) is 14.4 Å². The summed E-state index contributed by atoms with van der Waals surface area (Å²) in [5, 5.41) is 2.10. The summed E-state index contributed by atoms with van der Waals surface area (Å²) >= 11 is 0. The van der Waals surface area contributed by atoms with Crippen molar-refractivity contribution in [3.05, 3.63) is 265 Å². The van der Waals surface area contributed by atoms with Crippen molar-refractivity contribution in [3.63, 3.8) is 0 Å². The fraction of sp³-hybridized carbons (Fsp3) is 0.0154. The predicted molar refractivity (Wildman–Crippen MR) is 278 cm³/mol. The lowest BCUT2D eigenvalue weighted by Crippen LogP contribution is -2.29. The van der Waals surface area contributed by atoms with Gasteiger partial charge in [0.15, 0.2) is 5.82 Å². The third kappa shape index (κ3) is 5.72. The van der Waals surface area contributed by atoms with Crippen LogP contribution < -0.4 is 0 Å². The summed E-state index contributed by atoms with van der Waals surface area (Å²) < 4.78 is 6.45. The van der Waals surface area contributed by atoms with Crippen LogP contribution in [0.4, 0.5) is 0 Å². The fourth-order valence-electron chi connectivity index (χ4n) is 11.4. The molecule has 0 bridgehead atoms. The summed E-state index contributed by atoms with van der Waals surface area (Å²) in [7, 11) is 0. The van der Waals surface area contributed by atoms with Crippen molar-refractivity contribution in [2.75, 3.05) is 0 Å². The first-order valence-corrected chi connectivity index (χ1v) is 23.3. The molecule has 0 aliphatic heterocycles. The van der Waals surface area contributed by atoms with Gasteiger partial charge in [-0.3, -0.25) is 0 Å². The fourth-order valence-corrected chi connectivity index (χ4v) is 11.4. The van der Waals surface area contributed by atoms with E-state index in [-0.39, 0.29) is 0 Å². The minimum absolute atomic E-state index is 0.575. The maximum absolute atomic E-state index is 6.45. The number of hydrogen-bond acceptors (Lipinski definition) is 3. The highest BCUT2D eigenvalue weighted by Gasteiger charge is 2.49. The van der Waals surface area contributed by atoms with Crippen LogP contribution in [0.5, 0.6) is 0 Å². The Morgan fingerprint density at radius 1 is 0.279 bits per heavy atom. The molecule has 68 heavy (non-hydrogen) atoms. The van der Waals surface area contributed by atoms with E-state index < -0.39 is 5.41 Å². The molecule has 2 aliphatic carbocycles. The van der Waals surface area contributed by atoms with Crippen molar-refractivity contribution >= 4 is 21.9 Å². The van der Waals surface area contributed by atoms with Crippen molar-refractivity contribution in [2.24, 2.45) is 0 Å². The zero-order valence-electron chi connectivity index (χ0n) is 36.9. The predicted octanol–water partition coefficient (Wildman–Crippen LogP) is 16.7. The minimum atomic E-state index is -0.575. The Labute approximate surface area is 394 Å². The molecule has 2 heterocycles. The average Bonchev–Trinajstić information content (AvgIpc) is 3.91. The molecule has 2 aromatic heterocycles. The second kappa shape index (κ2) is 15.1. The van der Waals surface area contributed by atoms with Gasteiger partial charge in [0.05, 0.1) is 16.8 Å². The van der Waals surface area contributed by atoms with Gasteiger partial charge < -0.3 is 4.42 Å². The van der Waals surface area contributed by atoms with Crippen molar-refractivity contribution in [2.45, 2.75) is 5.41 Å². The third-order valence-corrected chi connectivity index (χ3v) is 14.3. The Morgan fingerprint density at radius 3 is 1.38 bits per heavy atom. The molecule has 2 aliphatic rings. The largest absolute Gasteiger partial charge is 0.456 e. The van der Waals surface area contributed by atoms with Crippen molar-refractivity contribution in [1.82, 2.24) is 9.97 Å². The van der Waals surface area contributed by atoms with Crippen LogP contribution in [0.2, 0.25) is 0 Å². The highest BCUT2D eigenvalue weighted by atomic mass is 16.3.